The van der Waals surface area contributed by atoms with E-state index in [-0.39, 0.29) is 12.5 Å². The molecule has 0 aromatic carbocycles. The van der Waals surface area contributed by atoms with Crippen LogP contribution in [0.1, 0.15) is 20.3 Å². The highest BCUT2D eigenvalue weighted by Crippen LogP contribution is 2.01. The first-order valence-corrected chi connectivity index (χ1v) is 5.72. The minimum absolute atomic E-state index is 0.0764. The molecule has 1 atom stereocenters. The van der Waals surface area contributed by atoms with Crippen molar-refractivity contribution in [3.63, 3.8) is 0 Å². The molecule has 0 aromatic heterocycles. The predicted octanol–water partition coefficient (Wildman–Crippen LogP) is -0.585. The molecular weight excluding hydrogens is 206 g/mol. The summed E-state index contributed by atoms with van der Waals surface area (Å²) >= 11 is 0. The van der Waals surface area contributed by atoms with Gasteiger partial charge in [0.15, 0.2) is 0 Å². The first-order chi connectivity index (χ1) is 7.37. The van der Waals surface area contributed by atoms with Gasteiger partial charge in [0, 0.05) is 13.1 Å². The third-order valence-corrected chi connectivity index (χ3v) is 2.04. The van der Waals surface area contributed by atoms with Gasteiger partial charge in [-0.15, -0.1) is 0 Å². The van der Waals surface area contributed by atoms with E-state index in [0.717, 1.165) is 13.0 Å². The highest BCUT2D eigenvalue weighted by atomic mass is 16.3. The van der Waals surface area contributed by atoms with E-state index in [2.05, 4.69) is 10.6 Å². The third-order valence-electron chi connectivity index (χ3n) is 2.04. The molecule has 0 spiro atoms. The van der Waals surface area contributed by atoms with Crippen LogP contribution in [0.2, 0.25) is 0 Å². The molecule has 5 nitrogen and oxygen atoms in total. The fourth-order valence-electron chi connectivity index (χ4n) is 1.47. The van der Waals surface area contributed by atoms with E-state index in [1.165, 1.54) is 0 Å². The zero-order valence-electron chi connectivity index (χ0n) is 10.8. The molecule has 16 heavy (non-hydrogen) atoms. The summed E-state index contributed by atoms with van der Waals surface area (Å²) in [6.45, 7) is 5.71. The quantitative estimate of drug-likeness (QED) is 0.489. The van der Waals surface area contributed by atoms with Gasteiger partial charge in [-0.25, -0.2) is 0 Å². The van der Waals surface area contributed by atoms with Crippen LogP contribution < -0.4 is 10.6 Å². The van der Waals surface area contributed by atoms with E-state index < -0.39 is 5.60 Å². The van der Waals surface area contributed by atoms with Crippen LogP contribution in [0.15, 0.2) is 0 Å². The Hall–Kier alpha value is -0.650. The number of nitrogens with one attached hydrogen (secondary N) is 2. The van der Waals surface area contributed by atoms with Crippen LogP contribution in [-0.2, 0) is 4.79 Å². The summed E-state index contributed by atoms with van der Waals surface area (Å²) in [5, 5.41) is 15.6. The van der Waals surface area contributed by atoms with Crippen molar-refractivity contribution in [2.75, 3.05) is 40.3 Å². The maximum atomic E-state index is 11.4. The van der Waals surface area contributed by atoms with Gasteiger partial charge in [-0.3, -0.25) is 4.79 Å². The molecule has 0 bridgehead atoms. The summed E-state index contributed by atoms with van der Waals surface area (Å²) in [5.74, 6) is -0.0764. The number of rotatable bonds is 8. The molecule has 0 rings (SSSR count). The Balaban J connectivity index is 3.72. The molecule has 0 aliphatic carbocycles. The van der Waals surface area contributed by atoms with Crippen molar-refractivity contribution in [1.82, 2.24) is 15.5 Å². The third kappa shape index (κ3) is 8.64. The van der Waals surface area contributed by atoms with Crippen molar-refractivity contribution in [2.45, 2.75) is 25.9 Å². The van der Waals surface area contributed by atoms with Crippen molar-refractivity contribution in [1.29, 1.82) is 0 Å². The number of hydrogen-bond acceptors (Lipinski definition) is 4. The topological polar surface area (TPSA) is 64.6 Å². The van der Waals surface area contributed by atoms with Crippen molar-refractivity contribution >= 4 is 5.91 Å². The molecular formula is C11H25N3O2. The molecule has 0 radical (unpaired) electrons. The van der Waals surface area contributed by atoms with Gasteiger partial charge in [0.05, 0.1) is 12.1 Å². The maximum absolute atomic E-state index is 11.4. The van der Waals surface area contributed by atoms with Gasteiger partial charge in [0.25, 0.3) is 0 Å². The Kier molecular flexibility index (Phi) is 7.29. The molecule has 0 aromatic rings. The molecule has 0 aliphatic heterocycles. The summed E-state index contributed by atoms with van der Waals surface area (Å²) in [6, 6.07) is 0. The van der Waals surface area contributed by atoms with Gasteiger partial charge in [0.2, 0.25) is 5.91 Å². The standard InChI is InChI=1S/C11H25N3O2/c1-5-6-12-7-10(15)13-8-11(2,16)9-14(3)4/h12,16H,5-9H2,1-4H3,(H,13,15). The maximum Gasteiger partial charge on any atom is 0.234 e. The van der Waals surface area contributed by atoms with E-state index in [1.807, 2.05) is 25.9 Å². The molecule has 0 heterocycles. The summed E-state index contributed by atoms with van der Waals surface area (Å²) in [5.41, 5.74) is -0.885. The van der Waals surface area contributed by atoms with Crippen LogP contribution in [0.5, 0.6) is 0 Å². The van der Waals surface area contributed by atoms with Gasteiger partial charge >= 0.3 is 0 Å². The highest BCUT2D eigenvalue weighted by molar-refractivity contribution is 5.78. The fourth-order valence-corrected chi connectivity index (χ4v) is 1.47. The number of nitrogens with zero attached hydrogens (tertiary/aromatic N) is 1. The minimum atomic E-state index is -0.885. The summed E-state index contributed by atoms with van der Waals surface area (Å²) in [4.78, 5) is 13.2. The normalized spacial score (nSPS) is 14.9. The average Bonchev–Trinajstić information content (AvgIpc) is 2.13. The Labute approximate surface area is 98.2 Å². The summed E-state index contributed by atoms with van der Waals surface area (Å²) in [7, 11) is 3.78. The molecule has 96 valence electrons. The SMILES string of the molecule is CCCNCC(=O)NCC(C)(O)CN(C)C. The van der Waals surface area contributed by atoms with Crippen LogP contribution in [0, 0.1) is 0 Å². The zero-order valence-corrected chi connectivity index (χ0v) is 10.8. The fraction of sp³-hybridized carbons (Fsp3) is 0.909. The van der Waals surface area contributed by atoms with E-state index >= 15 is 0 Å². The second-order valence-corrected chi connectivity index (χ2v) is 4.69. The molecule has 0 fully saturated rings. The lowest BCUT2D eigenvalue weighted by Gasteiger charge is -2.27. The minimum Gasteiger partial charge on any atom is -0.387 e. The van der Waals surface area contributed by atoms with Crippen LogP contribution in [0.4, 0.5) is 0 Å². The Morgan fingerprint density at radius 3 is 2.56 bits per heavy atom. The summed E-state index contributed by atoms with van der Waals surface area (Å²) < 4.78 is 0. The number of carbonyl (C=O) groups is 1. The van der Waals surface area contributed by atoms with E-state index in [4.69, 9.17) is 0 Å². The Morgan fingerprint density at radius 2 is 2.06 bits per heavy atom. The number of aliphatic hydroxyl groups is 1. The van der Waals surface area contributed by atoms with E-state index in [1.54, 1.807) is 6.92 Å². The average molecular weight is 231 g/mol. The van der Waals surface area contributed by atoms with Crippen LogP contribution in [-0.4, -0.2) is 61.8 Å². The molecule has 5 heteroatoms. The molecule has 0 saturated heterocycles. The van der Waals surface area contributed by atoms with Crippen LogP contribution in [0.3, 0.4) is 0 Å². The second-order valence-electron chi connectivity index (χ2n) is 4.69. The Morgan fingerprint density at radius 1 is 1.44 bits per heavy atom. The number of amides is 1. The predicted molar refractivity (Wildman–Crippen MR) is 65.3 cm³/mol. The molecule has 3 N–H and O–H groups in total. The van der Waals surface area contributed by atoms with E-state index in [9.17, 15) is 9.90 Å². The molecule has 1 amide bonds. The molecule has 0 saturated carbocycles. The lowest BCUT2D eigenvalue weighted by molar-refractivity contribution is -0.121. The van der Waals surface area contributed by atoms with Crippen molar-refractivity contribution in [2.24, 2.45) is 0 Å². The molecule has 0 aliphatic rings. The monoisotopic (exact) mass is 231 g/mol. The largest absolute Gasteiger partial charge is 0.387 e. The lowest BCUT2D eigenvalue weighted by atomic mass is 10.1. The highest BCUT2D eigenvalue weighted by Gasteiger charge is 2.21. The first kappa shape index (κ1) is 15.3. The van der Waals surface area contributed by atoms with Crippen molar-refractivity contribution < 1.29 is 9.90 Å². The number of carbonyl (C=O) groups excluding carboxylic acids is 1. The van der Waals surface area contributed by atoms with Crippen LogP contribution >= 0.6 is 0 Å². The number of likely N-dealkylation sites (N-methyl/N-ethyl adjacent to an activating group) is 1. The van der Waals surface area contributed by atoms with Gasteiger partial charge in [0.1, 0.15) is 0 Å². The smallest absolute Gasteiger partial charge is 0.234 e. The lowest BCUT2D eigenvalue weighted by Crippen LogP contribution is -2.48. The van der Waals surface area contributed by atoms with Crippen molar-refractivity contribution in [3.8, 4) is 0 Å². The van der Waals surface area contributed by atoms with Gasteiger partial charge < -0.3 is 20.6 Å². The van der Waals surface area contributed by atoms with Gasteiger partial charge in [-0.2, -0.15) is 0 Å². The zero-order chi connectivity index (χ0) is 12.6. The van der Waals surface area contributed by atoms with Gasteiger partial charge in [-0.1, -0.05) is 6.92 Å². The van der Waals surface area contributed by atoms with E-state index in [0.29, 0.717) is 13.1 Å². The first-order valence-electron chi connectivity index (χ1n) is 5.72. The van der Waals surface area contributed by atoms with Crippen LogP contribution in [0.25, 0.3) is 0 Å². The number of hydrogen-bond donors (Lipinski definition) is 3. The second kappa shape index (κ2) is 7.60. The van der Waals surface area contributed by atoms with Gasteiger partial charge in [-0.05, 0) is 34.0 Å². The van der Waals surface area contributed by atoms with Crippen molar-refractivity contribution in [3.05, 3.63) is 0 Å². The molecule has 1 unspecified atom stereocenters. The summed E-state index contributed by atoms with van der Waals surface area (Å²) in [6.07, 6.45) is 1.01. The Bertz CT molecular complexity index is 205.